The van der Waals surface area contributed by atoms with Gasteiger partial charge in [0.1, 0.15) is 17.9 Å². The monoisotopic (exact) mass is 453 g/mol. The van der Waals surface area contributed by atoms with Gasteiger partial charge in [0.2, 0.25) is 10.0 Å². The molecule has 0 saturated heterocycles. The molecule has 0 aliphatic carbocycles. The Morgan fingerprint density at radius 2 is 1.90 bits per heavy atom. The molecule has 3 aromatic rings. The van der Waals surface area contributed by atoms with E-state index in [2.05, 4.69) is 15.0 Å². The molecule has 6 nitrogen and oxygen atoms in total. The number of para-hydroxylation sites is 1. The van der Waals surface area contributed by atoms with Gasteiger partial charge in [-0.15, -0.1) is 0 Å². The van der Waals surface area contributed by atoms with E-state index in [1.807, 2.05) is 43.3 Å². The molecule has 3 rings (SSSR count). The molecule has 0 amide bonds. The maximum atomic E-state index is 11.2. The van der Waals surface area contributed by atoms with E-state index in [-0.39, 0.29) is 13.2 Å². The van der Waals surface area contributed by atoms with Crippen molar-refractivity contribution in [2.75, 3.05) is 24.7 Å². The Labute approximate surface area is 180 Å². The van der Waals surface area contributed by atoms with Crippen molar-refractivity contribution in [1.82, 2.24) is 9.71 Å². The average molecular weight is 454 g/mol. The van der Waals surface area contributed by atoms with Gasteiger partial charge in [-0.1, -0.05) is 41.4 Å². The molecule has 1 aromatic heterocycles. The molecule has 0 spiro atoms. The topological polar surface area (TPSA) is 80.3 Å². The minimum atomic E-state index is -3.25. The van der Waals surface area contributed by atoms with E-state index >= 15 is 0 Å². The third-order valence-corrected chi connectivity index (χ3v) is 5.59. The second-order valence-corrected chi connectivity index (χ2v) is 9.23. The van der Waals surface area contributed by atoms with Crippen molar-refractivity contribution in [3.63, 3.8) is 0 Å². The predicted molar refractivity (Wildman–Crippen MR) is 119 cm³/mol. The van der Waals surface area contributed by atoms with Crippen LogP contribution in [0.25, 0.3) is 10.9 Å². The molecule has 0 fully saturated rings. The number of aromatic nitrogens is 1. The maximum Gasteiger partial charge on any atom is 0.208 e. The molecule has 2 N–H and O–H groups in total. The minimum Gasteiger partial charge on any atom is -0.490 e. The molecule has 0 radical (unpaired) electrons. The summed E-state index contributed by atoms with van der Waals surface area (Å²) in [6.07, 6.45) is 1.11. The lowest BCUT2D eigenvalue weighted by atomic mass is 10.1. The third kappa shape index (κ3) is 5.96. The highest BCUT2D eigenvalue weighted by Crippen LogP contribution is 2.31. The zero-order chi connectivity index (χ0) is 21.0. The van der Waals surface area contributed by atoms with Gasteiger partial charge in [-0.2, -0.15) is 0 Å². The fourth-order valence-corrected chi connectivity index (χ4v) is 3.62. The zero-order valence-electron chi connectivity index (χ0n) is 16.0. The molecular weight excluding hydrogens is 433 g/mol. The van der Waals surface area contributed by atoms with Crippen LogP contribution in [0.15, 0.2) is 42.5 Å². The van der Waals surface area contributed by atoms with E-state index in [0.29, 0.717) is 27.9 Å². The van der Waals surface area contributed by atoms with Gasteiger partial charge in [-0.3, -0.25) is 0 Å². The number of aryl methyl sites for hydroxylation is 1. The number of rotatable bonds is 8. The van der Waals surface area contributed by atoms with E-state index in [9.17, 15) is 8.42 Å². The molecule has 0 saturated carbocycles. The van der Waals surface area contributed by atoms with Crippen LogP contribution in [0.1, 0.15) is 11.3 Å². The molecule has 0 bridgehead atoms. The van der Waals surface area contributed by atoms with Crippen molar-refractivity contribution in [2.45, 2.75) is 13.5 Å². The maximum absolute atomic E-state index is 11.2. The van der Waals surface area contributed by atoms with E-state index in [1.165, 1.54) is 0 Å². The first-order chi connectivity index (χ1) is 13.7. The summed E-state index contributed by atoms with van der Waals surface area (Å²) in [7, 11) is -3.25. The Morgan fingerprint density at radius 3 is 2.62 bits per heavy atom. The van der Waals surface area contributed by atoms with Crippen molar-refractivity contribution in [2.24, 2.45) is 0 Å². The number of ether oxygens (including phenoxy) is 1. The van der Waals surface area contributed by atoms with Crippen LogP contribution in [0.4, 0.5) is 5.69 Å². The molecular formula is C20H21Cl2N3O3S. The van der Waals surface area contributed by atoms with Gasteiger partial charge in [0.15, 0.2) is 0 Å². The summed E-state index contributed by atoms with van der Waals surface area (Å²) in [5.41, 5.74) is 3.46. The molecule has 0 aliphatic heterocycles. The van der Waals surface area contributed by atoms with Gasteiger partial charge in [-0.25, -0.2) is 18.1 Å². The van der Waals surface area contributed by atoms with E-state index < -0.39 is 10.0 Å². The van der Waals surface area contributed by atoms with Crippen LogP contribution in [0.5, 0.6) is 5.75 Å². The summed E-state index contributed by atoms with van der Waals surface area (Å²) >= 11 is 12.1. The zero-order valence-corrected chi connectivity index (χ0v) is 18.3. The van der Waals surface area contributed by atoms with Crippen LogP contribution in [0, 0.1) is 6.92 Å². The lowest BCUT2D eigenvalue weighted by Crippen LogP contribution is -2.26. The molecule has 154 valence electrons. The third-order valence-electron chi connectivity index (χ3n) is 4.12. The largest absolute Gasteiger partial charge is 0.490 e. The highest BCUT2D eigenvalue weighted by Gasteiger charge is 2.10. The van der Waals surface area contributed by atoms with E-state index in [4.69, 9.17) is 27.9 Å². The van der Waals surface area contributed by atoms with Gasteiger partial charge in [-0.05, 0) is 36.8 Å². The van der Waals surface area contributed by atoms with E-state index in [0.717, 1.165) is 28.6 Å². The SMILES string of the molecule is Cc1cc(NCc2ccc(Cl)c(Cl)c2)c2cccc(OCCNS(C)(=O)=O)c2n1. The van der Waals surface area contributed by atoms with Gasteiger partial charge < -0.3 is 10.1 Å². The van der Waals surface area contributed by atoms with Crippen LogP contribution >= 0.6 is 23.2 Å². The average Bonchev–Trinajstić information content (AvgIpc) is 2.65. The number of hydrogen-bond donors (Lipinski definition) is 2. The Morgan fingerprint density at radius 1 is 1.10 bits per heavy atom. The van der Waals surface area contributed by atoms with Crippen molar-refractivity contribution in [1.29, 1.82) is 0 Å². The number of fused-ring (bicyclic) bond motifs is 1. The summed E-state index contributed by atoms with van der Waals surface area (Å²) < 4.78 is 30.5. The second-order valence-electron chi connectivity index (χ2n) is 6.58. The normalized spacial score (nSPS) is 11.6. The first-order valence-electron chi connectivity index (χ1n) is 8.88. The van der Waals surface area contributed by atoms with Gasteiger partial charge in [0.05, 0.1) is 16.3 Å². The highest BCUT2D eigenvalue weighted by molar-refractivity contribution is 7.88. The Kier molecular flexibility index (Phi) is 6.85. The summed E-state index contributed by atoms with van der Waals surface area (Å²) in [6, 6.07) is 13.1. The van der Waals surface area contributed by atoms with Crippen molar-refractivity contribution >= 4 is 49.8 Å². The number of anilines is 1. The number of nitrogens with zero attached hydrogens (tertiary/aromatic N) is 1. The number of pyridine rings is 1. The Bertz CT molecular complexity index is 1140. The van der Waals surface area contributed by atoms with Crippen LogP contribution in [-0.4, -0.2) is 32.8 Å². The quantitative estimate of drug-likeness (QED) is 0.494. The lowest BCUT2D eigenvalue weighted by molar-refractivity contribution is 0.326. The lowest BCUT2D eigenvalue weighted by Gasteiger charge is -2.14. The summed E-state index contributed by atoms with van der Waals surface area (Å²) in [4.78, 5) is 4.60. The van der Waals surface area contributed by atoms with Crippen molar-refractivity contribution in [3.8, 4) is 5.75 Å². The molecule has 1 heterocycles. The number of nitrogens with one attached hydrogen (secondary N) is 2. The Hall–Kier alpha value is -2.06. The first kappa shape index (κ1) is 21.6. The van der Waals surface area contributed by atoms with Crippen LogP contribution < -0.4 is 14.8 Å². The molecule has 9 heteroatoms. The smallest absolute Gasteiger partial charge is 0.208 e. The van der Waals surface area contributed by atoms with Gasteiger partial charge in [0, 0.05) is 29.9 Å². The molecule has 29 heavy (non-hydrogen) atoms. The van der Waals surface area contributed by atoms with Crippen molar-refractivity contribution in [3.05, 3.63) is 63.8 Å². The summed E-state index contributed by atoms with van der Waals surface area (Å²) in [5.74, 6) is 0.596. The fraction of sp³-hybridized carbons (Fsp3) is 0.250. The standard InChI is InChI=1S/C20H21Cl2N3O3S/c1-13-10-18(23-12-14-6-7-16(21)17(22)11-14)15-4-3-5-19(20(15)25-13)28-9-8-24-29(2,26)27/h3-7,10-11,24H,8-9,12H2,1-2H3,(H,23,25). The Balaban J connectivity index is 1.80. The van der Waals surface area contributed by atoms with Gasteiger partial charge in [0.25, 0.3) is 0 Å². The minimum absolute atomic E-state index is 0.184. The number of benzene rings is 2. The number of sulfonamides is 1. The summed E-state index contributed by atoms with van der Waals surface area (Å²) in [5, 5.41) is 5.36. The van der Waals surface area contributed by atoms with Crippen LogP contribution in [-0.2, 0) is 16.6 Å². The number of halogens is 2. The second kappa shape index (κ2) is 9.17. The summed E-state index contributed by atoms with van der Waals surface area (Å²) in [6.45, 7) is 2.86. The molecule has 0 unspecified atom stereocenters. The predicted octanol–water partition coefficient (Wildman–Crippen LogP) is 4.39. The van der Waals surface area contributed by atoms with Crippen LogP contribution in [0.2, 0.25) is 10.0 Å². The van der Waals surface area contributed by atoms with E-state index in [1.54, 1.807) is 6.07 Å². The van der Waals surface area contributed by atoms with Gasteiger partial charge >= 0.3 is 0 Å². The fourth-order valence-electron chi connectivity index (χ4n) is 2.85. The highest BCUT2D eigenvalue weighted by atomic mass is 35.5. The molecule has 2 aromatic carbocycles. The number of hydrogen-bond acceptors (Lipinski definition) is 5. The van der Waals surface area contributed by atoms with Crippen LogP contribution in [0.3, 0.4) is 0 Å². The molecule has 0 aliphatic rings. The first-order valence-corrected chi connectivity index (χ1v) is 11.5. The molecule has 0 atom stereocenters. The van der Waals surface area contributed by atoms with Crippen molar-refractivity contribution < 1.29 is 13.2 Å².